The molecule has 0 fully saturated rings. The lowest BCUT2D eigenvalue weighted by Crippen LogP contribution is -2.35. The molecule has 0 spiro atoms. The molecule has 1 amide bonds. The minimum absolute atomic E-state index is 0.0000827. The van der Waals surface area contributed by atoms with E-state index in [-0.39, 0.29) is 17.6 Å². The molecule has 92 valence electrons. The zero-order valence-electron chi connectivity index (χ0n) is 9.98. The molecule has 6 nitrogen and oxygen atoms in total. The first-order chi connectivity index (χ1) is 7.97. The molecule has 1 aromatic carbocycles. The van der Waals surface area contributed by atoms with Gasteiger partial charge in [0, 0.05) is 6.07 Å². The molecular formula is C11H15N3O3. The monoisotopic (exact) mass is 237 g/mol. The van der Waals surface area contributed by atoms with Crippen LogP contribution in [0.4, 0.5) is 11.4 Å². The van der Waals surface area contributed by atoms with Gasteiger partial charge in [0.05, 0.1) is 22.2 Å². The van der Waals surface area contributed by atoms with E-state index < -0.39 is 4.92 Å². The molecule has 17 heavy (non-hydrogen) atoms. The molecule has 0 saturated carbocycles. The van der Waals surface area contributed by atoms with E-state index in [9.17, 15) is 14.9 Å². The smallest absolute Gasteiger partial charge is 0.274 e. The number of hydrogen-bond acceptors (Lipinski definition) is 4. The molecule has 0 aliphatic carbocycles. The Balaban J connectivity index is 2.96. The van der Waals surface area contributed by atoms with E-state index in [0.29, 0.717) is 11.3 Å². The average Bonchev–Trinajstić information content (AvgIpc) is 2.30. The van der Waals surface area contributed by atoms with Crippen LogP contribution in [0, 0.1) is 17.0 Å². The van der Waals surface area contributed by atoms with Gasteiger partial charge >= 0.3 is 0 Å². The lowest BCUT2D eigenvalue weighted by Gasteiger charge is -2.12. The van der Waals surface area contributed by atoms with Gasteiger partial charge in [-0.15, -0.1) is 0 Å². The Hall–Kier alpha value is -1.95. The zero-order chi connectivity index (χ0) is 13.0. The summed E-state index contributed by atoms with van der Waals surface area (Å²) >= 11 is 0. The fourth-order valence-corrected chi connectivity index (χ4v) is 1.33. The lowest BCUT2D eigenvalue weighted by atomic mass is 10.1. The van der Waals surface area contributed by atoms with Crippen molar-refractivity contribution in [2.24, 2.45) is 0 Å². The normalized spacial score (nSPS) is 11.9. The summed E-state index contributed by atoms with van der Waals surface area (Å²) in [5.74, 6) is -0.226. The van der Waals surface area contributed by atoms with Crippen LogP contribution in [0.3, 0.4) is 0 Å². The minimum Gasteiger partial charge on any atom is -0.324 e. The van der Waals surface area contributed by atoms with Crippen molar-refractivity contribution in [1.82, 2.24) is 5.32 Å². The summed E-state index contributed by atoms with van der Waals surface area (Å²) in [5.41, 5.74) is 0.917. The number of nitrogens with zero attached hydrogens (tertiary/aromatic N) is 1. The third-order valence-corrected chi connectivity index (χ3v) is 2.59. The van der Waals surface area contributed by atoms with Gasteiger partial charge in [-0.1, -0.05) is 6.07 Å². The minimum atomic E-state index is -0.466. The van der Waals surface area contributed by atoms with Gasteiger partial charge in [-0.05, 0) is 27.0 Å². The van der Waals surface area contributed by atoms with Crippen molar-refractivity contribution in [3.8, 4) is 0 Å². The number of benzene rings is 1. The fraction of sp³-hybridized carbons (Fsp3) is 0.364. The molecule has 0 aliphatic rings. The number of anilines is 1. The topological polar surface area (TPSA) is 84.3 Å². The van der Waals surface area contributed by atoms with Crippen LogP contribution in [0.1, 0.15) is 12.5 Å². The molecule has 6 heteroatoms. The molecule has 2 N–H and O–H groups in total. The maximum atomic E-state index is 11.6. The van der Waals surface area contributed by atoms with Crippen molar-refractivity contribution in [2.75, 3.05) is 12.4 Å². The summed E-state index contributed by atoms with van der Waals surface area (Å²) in [6, 6.07) is 4.24. The van der Waals surface area contributed by atoms with Crippen molar-refractivity contribution in [1.29, 1.82) is 0 Å². The van der Waals surface area contributed by atoms with Crippen molar-refractivity contribution in [3.05, 3.63) is 33.9 Å². The molecule has 0 aliphatic heterocycles. The van der Waals surface area contributed by atoms with E-state index in [2.05, 4.69) is 10.6 Å². The maximum Gasteiger partial charge on any atom is 0.274 e. The SMILES string of the molecule is CNC(C)C(=O)Nc1cccc([N+](=O)[O-])c1C. The van der Waals surface area contributed by atoms with Crippen molar-refractivity contribution >= 4 is 17.3 Å². The predicted octanol–water partition coefficient (Wildman–Crippen LogP) is 1.45. The van der Waals surface area contributed by atoms with Crippen LogP contribution in [0.2, 0.25) is 0 Å². The quantitative estimate of drug-likeness (QED) is 0.613. The number of carbonyl (C=O) groups is 1. The van der Waals surface area contributed by atoms with E-state index in [1.807, 2.05) is 0 Å². The van der Waals surface area contributed by atoms with E-state index >= 15 is 0 Å². The van der Waals surface area contributed by atoms with Gasteiger partial charge in [-0.2, -0.15) is 0 Å². The number of amides is 1. The largest absolute Gasteiger partial charge is 0.324 e. The van der Waals surface area contributed by atoms with E-state index in [4.69, 9.17) is 0 Å². The first-order valence-electron chi connectivity index (χ1n) is 5.19. The van der Waals surface area contributed by atoms with E-state index in [1.54, 1.807) is 33.0 Å². The Bertz CT molecular complexity index is 446. The highest BCUT2D eigenvalue weighted by atomic mass is 16.6. The number of nitro benzene ring substituents is 1. The van der Waals surface area contributed by atoms with Crippen molar-refractivity contribution < 1.29 is 9.72 Å². The van der Waals surface area contributed by atoms with Gasteiger partial charge in [0.15, 0.2) is 0 Å². The molecular weight excluding hydrogens is 222 g/mol. The first-order valence-corrected chi connectivity index (χ1v) is 5.19. The van der Waals surface area contributed by atoms with Gasteiger partial charge in [0.25, 0.3) is 5.69 Å². The predicted molar refractivity (Wildman–Crippen MR) is 65.0 cm³/mol. The van der Waals surface area contributed by atoms with Gasteiger partial charge in [-0.25, -0.2) is 0 Å². The Kier molecular flexibility index (Phi) is 4.17. The molecule has 0 heterocycles. The van der Waals surface area contributed by atoms with Gasteiger partial charge < -0.3 is 10.6 Å². The molecule has 1 rings (SSSR count). The molecule has 0 radical (unpaired) electrons. The van der Waals surface area contributed by atoms with Crippen LogP contribution in [-0.4, -0.2) is 23.9 Å². The average molecular weight is 237 g/mol. The van der Waals surface area contributed by atoms with E-state index in [1.165, 1.54) is 6.07 Å². The first kappa shape index (κ1) is 13.1. The summed E-state index contributed by atoms with van der Waals surface area (Å²) in [4.78, 5) is 21.9. The second-order valence-corrected chi connectivity index (χ2v) is 3.71. The van der Waals surface area contributed by atoms with Crippen molar-refractivity contribution in [2.45, 2.75) is 19.9 Å². The highest BCUT2D eigenvalue weighted by molar-refractivity contribution is 5.95. The Morgan fingerprint density at radius 1 is 1.47 bits per heavy atom. The van der Waals surface area contributed by atoms with Crippen molar-refractivity contribution in [3.63, 3.8) is 0 Å². The fourth-order valence-electron chi connectivity index (χ4n) is 1.33. The Morgan fingerprint density at radius 2 is 2.12 bits per heavy atom. The summed E-state index contributed by atoms with van der Waals surface area (Å²) in [7, 11) is 1.67. The van der Waals surface area contributed by atoms with Crippen LogP contribution in [-0.2, 0) is 4.79 Å². The number of rotatable bonds is 4. The second kappa shape index (κ2) is 5.40. The summed E-state index contributed by atoms with van der Waals surface area (Å²) in [5, 5.41) is 16.2. The summed E-state index contributed by atoms with van der Waals surface area (Å²) < 4.78 is 0. The molecule has 1 aromatic rings. The standard InChI is InChI=1S/C11H15N3O3/c1-7-9(13-11(15)8(2)12-3)5-4-6-10(7)14(16)17/h4-6,8,12H,1-3H3,(H,13,15). The molecule has 0 bridgehead atoms. The maximum absolute atomic E-state index is 11.6. The highest BCUT2D eigenvalue weighted by Gasteiger charge is 2.16. The summed E-state index contributed by atoms with van der Waals surface area (Å²) in [6.07, 6.45) is 0. The number of nitrogens with one attached hydrogen (secondary N) is 2. The third-order valence-electron chi connectivity index (χ3n) is 2.59. The van der Waals surface area contributed by atoms with Crippen LogP contribution < -0.4 is 10.6 Å². The van der Waals surface area contributed by atoms with Crippen LogP contribution in [0.5, 0.6) is 0 Å². The van der Waals surface area contributed by atoms with Gasteiger partial charge in [0.1, 0.15) is 0 Å². The van der Waals surface area contributed by atoms with Gasteiger partial charge in [0.2, 0.25) is 5.91 Å². The number of hydrogen-bond donors (Lipinski definition) is 2. The second-order valence-electron chi connectivity index (χ2n) is 3.71. The van der Waals surface area contributed by atoms with Crippen LogP contribution in [0.15, 0.2) is 18.2 Å². The Morgan fingerprint density at radius 3 is 2.65 bits per heavy atom. The number of carbonyl (C=O) groups excluding carboxylic acids is 1. The van der Waals surface area contributed by atoms with Crippen LogP contribution in [0.25, 0.3) is 0 Å². The van der Waals surface area contributed by atoms with E-state index in [0.717, 1.165) is 0 Å². The number of nitro groups is 1. The zero-order valence-corrected chi connectivity index (χ0v) is 9.98. The molecule has 0 aromatic heterocycles. The lowest BCUT2D eigenvalue weighted by molar-refractivity contribution is -0.385. The Labute approximate surface area is 99.2 Å². The molecule has 0 saturated heterocycles. The summed E-state index contributed by atoms with van der Waals surface area (Å²) in [6.45, 7) is 3.32. The van der Waals surface area contributed by atoms with Crippen LogP contribution >= 0.6 is 0 Å². The third kappa shape index (κ3) is 3.01. The highest BCUT2D eigenvalue weighted by Crippen LogP contribution is 2.24. The number of likely N-dealkylation sites (N-methyl/N-ethyl adjacent to an activating group) is 1. The molecule has 1 atom stereocenters. The van der Waals surface area contributed by atoms with Gasteiger partial charge in [-0.3, -0.25) is 14.9 Å². The molecule has 1 unspecified atom stereocenters.